The average molecular weight is 1070 g/mol. The zero-order chi connectivity index (χ0) is 54.9. The lowest BCUT2D eigenvalue weighted by atomic mass is 10.0. The lowest BCUT2D eigenvalue weighted by molar-refractivity contribution is -0.870. The number of carbonyl (C=O) groups is 1. The predicted octanol–water partition coefficient (Wildman–Crippen LogP) is 19.4. The fourth-order valence-corrected chi connectivity index (χ4v) is 9.45. The maximum Gasteiger partial charge on any atom is 0.472 e. The van der Waals surface area contributed by atoms with E-state index in [4.69, 9.17) is 9.05 Å². The summed E-state index contributed by atoms with van der Waals surface area (Å²) in [5.74, 6) is -0.230. The molecule has 1 amide bonds. The van der Waals surface area contributed by atoms with Crippen molar-refractivity contribution in [1.82, 2.24) is 5.32 Å². The molecular weight excluding hydrogens is 948 g/mol. The summed E-state index contributed by atoms with van der Waals surface area (Å²) in [6.07, 6.45) is 81.2. The number of rotatable bonds is 56. The van der Waals surface area contributed by atoms with Crippen LogP contribution in [0.5, 0.6) is 0 Å². The van der Waals surface area contributed by atoms with Crippen LogP contribution in [0.3, 0.4) is 0 Å². The van der Waals surface area contributed by atoms with E-state index < -0.39 is 20.0 Å². The molecule has 3 N–H and O–H groups in total. The van der Waals surface area contributed by atoms with Gasteiger partial charge in [-0.1, -0.05) is 272 Å². The van der Waals surface area contributed by atoms with E-state index in [2.05, 4.69) is 104 Å². The quantitative estimate of drug-likeness (QED) is 0.0243. The van der Waals surface area contributed by atoms with Crippen LogP contribution in [0.15, 0.2) is 97.2 Å². The number of amides is 1. The number of hydrogen-bond acceptors (Lipinski definition) is 5. The Morgan fingerprint density at radius 3 is 1.23 bits per heavy atom. The van der Waals surface area contributed by atoms with Crippen molar-refractivity contribution in [2.24, 2.45) is 0 Å². The largest absolute Gasteiger partial charge is 0.472 e. The Morgan fingerprint density at radius 2 is 0.813 bits per heavy atom. The summed E-state index contributed by atoms with van der Waals surface area (Å²) in [6.45, 7) is 4.66. The third-order valence-electron chi connectivity index (χ3n) is 13.5. The monoisotopic (exact) mass is 1070 g/mol. The lowest BCUT2D eigenvalue weighted by Gasteiger charge is -2.25. The van der Waals surface area contributed by atoms with Crippen LogP contribution < -0.4 is 5.32 Å². The van der Waals surface area contributed by atoms with Crippen molar-refractivity contribution in [3.63, 3.8) is 0 Å². The summed E-state index contributed by atoms with van der Waals surface area (Å²) in [5, 5.41) is 13.9. The van der Waals surface area contributed by atoms with E-state index in [1.54, 1.807) is 6.08 Å². The van der Waals surface area contributed by atoms with Crippen LogP contribution >= 0.6 is 7.82 Å². The average Bonchev–Trinajstić information content (AvgIpc) is 3.37. The first kappa shape index (κ1) is 72.4. The molecule has 0 aromatic carbocycles. The molecule has 0 aliphatic heterocycles. The molecule has 434 valence electrons. The van der Waals surface area contributed by atoms with Crippen LogP contribution in [0.4, 0.5) is 0 Å². The van der Waals surface area contributed by atoms with Crippen molar-refractivity contribution in [2.45, 2.75) is 276 Å². The normalized spacial score (nSPS) is 14.5. The minimum absolute atomic E-state index is 0.0424. The highest BCUT2D eigenvalue weighted by Gasteiger charge is 2.27. The van der Waals surface area contributed by atoms with Gasteiger partial charge in [0.2, 0.25) is 5.91 Å². The second-order valence-corrected chi connectivity index (χ2v) is 23.5. The molecule has 0 saturated carbocycles. The highest BCUT2D eigenvalue weighted by atomic mass is 31.2. The second-order valence-electron chi connectivity index (χ2n) is 22.0. The first-order chi connectivity index (χ1) is 36.5. The fourth-order valence-electron chi connectivity index (χ4n) is 8.71. The number of carbonyl (C=O) groups excluding carboxylic acids is 1. The number of quaternary nitrogens is 1. The van der Waals surface area contributed by atoms with Crippen LogP contribution in [0, 0.1) is 0 Å². The highest BCUT2D eigenvalue weighted by Crippen LogP contribution is 2.43. The minimum atomic E-state index is -4.38. The number of unbranched alkanes of at least 4 members (excludes halogenated alkanes) is 29. The Kier molecular flexibility index (Phi) is 54.2. The molecule has 9 heteroatoms. The molecule has 0 radical (unpaired) electrons. The molecule has 3 atom stereocenters. The summed E-state index contributed by atoms with van der Waals surface area (Å²) in [4.78, 5) is 23.3. The van der Waals surface area contributed by atoms with Crippen LogP contribution in [0.2, 0.25) is 0 Å². The minimum Gasteiger partial charge on any atom is -0.387 e. The molecule has 75 heavy (non-hydrogen) atoms. The van der Waals surface area contributed by atoms with E-state index in [0.29, 0.717) is 17.4 Å². The van der Waals surface area contributed by atoms with Crippen LogP contribution in [0.25, 0.3) is 0 Å². The van der Waals surface area contributed by atoms with Gasteiger partial charge in [-0.05, 0) is 83.5 Å². The topological polar surface area (TPSA) is 105 Å². The number of phosphoric acid groups is 1. The van der Waals surface area contributed by atoms with Crippen molar-refractivity contribution in [2.75, 3.05) is 40.9 Å². The molecule has 0 rings (SSSR count). The van der Waals surface area contributed by atoms with E-state index in [1.165, 1.54) is 167 Å². The molecule has 0 spiro atoms. The Bertz CT molecular complexity index is 1540. The molecule has 3 unspecified atom stereocenters. The van der Waals surface area contributed by atoms with Gasteiger partial charge in [0, 0.05) is 6.42 Å². The van der Waals surface area contributed by atoms with Crippen molar-refractivity contribution >= 4 is 13.7 Å². The van der Waals surface area contributed by atoms with Gasteiger partial charge in [0.15, 0.2) is 0 Å². The third-order valence-corrected chi connectivity index (χ3v) is 14.5. The van der Waals surface area contributed by atoms with Gasteiger partial charge < -0.3 is 19.8 Å². The zero-order valence-corrected chi connectivity index (χ0v) is 50.4. The number of phosphoric ester groups is 1. The van der Waals surface area contributed by atoms with Gasteiger partial charge in [0.25, 0.3) is 0 Å². The predicted molar refractivity (Wildman–Crippen MR) is 327 cm³/mol. The zero-order valence-electron chi connectivity index (χ0n) is 49.5. The molecule has 8 nitrogen and oxygen atoms in total. The Morgan fingerprint density at radius 1 is 0.467 bits per heavy atom. The number of hydrogen-bond donors (Lipinski definition) is 3. The number of allylic oxidation sites excluding steroid dienone is 15. The maximum absolute atomic E-state index is 13.0. The Balaban J connectivity index is 4.23. The van der Waals surface area contributed by atoms with Gasteiger partial charge in [-0.15, -0.1) is 0 Å². The number of nitrogens with zero attached hydrogens (tertiary/aromatic N) is 1. The van der Waals surface area contributed by atoms with Gasteiger partial charge >= 0.3 is 7.82 Å². The molecule has 0 aromatic rings. The summed E-state index contributed by atoms with van der Waals surface area (Å²) < 4.78 is 23.7. The van der Waals surface area contributed by atoms with E-state index in [1.807, 2.05) is 27.2 Å². The molecular formula is C66H120N2O6P+. The highest BCUT2D eigenvalue weighted by molar-refractivity contribution is 7.47. The molecule has 0 aliphatic rings. The molecule has 0 heterocycles. The number of aliphatic hydroxyl groups excluding tert-OH is 1. The summed E-state index contributed by atoms with van der Waals surface area (Å²) >= 11 is 0. The molecule has 0 fully saturated rings. The van der Waals surface area contributed by atoms with E-state index in [0.717, 1.165) is 70.6 Å². The van der Waals surface area contributed by atoms with Gasteiger partial charge in [0.05, 0.1) is 39.9 Å². The Labute approximate surface area is 464 Å². The maximum atomic E-state index is 13.0. The summed E-state index contributed by atoms with van der Waals surface area (Å²) in [5.41, 5.74) is 0. The van der Waals surface area contributed by atoms with Crippen molar-refractivity contribution < 1.29 is 32.9 Å². The lowest BCUT2D eigenvalue weighted by Crippen LogP contribution is -2.45. The van der Waals surface area contributed by atoms with Crippen LogP contribution in [-0.2, 0) is 18.4 Å². The SMILES string of the molecule is CC/C=C\C/C=C\C/C=C\C/C=C\C/C=C\C/C=C\CCCCC(=O)NC(COP(=O)(O)OCC[N+](C)(C)C)C(O)/C=C/CC/C=C/CCCCCCCCCCCCCCCCCCCCCCCCCCCC. The summed E-state index contributed by atoms with van der Waals surface area (Å²) in [7, 11) is 1.52. The third kappa shape index (κ3) is 58.9. The smallest absolute Gasteiger partial charge is 0.387 e. The second kappa shape index (κ2) is 56.2. The van der Waals surface area contributed by atoms with Crippen molar-refractivity contribution in [3.8, 4) is 0 Å². The first-order valence-corrected chi connectivity index (χ1v) is 32.6. The molecule has 0 saturated heterocycles. The van der Waals surface area contributed by atoms with Gasteiger partial charge in [-0.2, -0.15) is 0 Å². The number of nitrogens with one attached hydrogen (secondary N) is 1. The molecule has 0 aromatic heterocycles. The number of likely N-dealkylation sites (N-methyl/N-ethyl adjacent to an activating group) is 1. The van der Waals surface area contributed by atoms with Crippen molar-refractivity contribution in [1.29, 1.82) is 0 Å². The number of aliphatic hydroxyl groups is 1. The summed E-state index contributed by atoms with van der Waals surface area (Å²) in [6, 6.07) is -0.895. The van der Waals surface area contributed by atoms with Gasteiger partial charge in [0.1, 0.15) is 13.2 Å². The molecule has 0 aliphatic carbocycles. The standard InChI is InChI=1S/C66H119N2O6P/c1-6-8-10-12-14-16-18-20-22-24-26-28-29-30-31-32-33-34-35-36-37-38-40-41-43-45-47-49-51-53-55-57-59-65(69)64(63-74-75(71,72)73-62-61-68(3,4)5)67-66(70)60-58-56-54-52-50-48-46-44-42-39-27-25-23-21-19-17-15-13-11-9-7-2/h9,11,15,17,21,23,27,39,44,46,49-52,57,59,64-65,69H,6-8,10,12-14,16,18-20,22,24-26,28-38,40-43,45,47-48,53-56,58,60-63H2,1-5H3,(H-,67,70,71,72)/p+1/b11-9-,17-15-,23-21-,39-27-,46-44-,51-49+,52-50-,59-57+. The van der Waals surface area contributed by atoms with Crippen molar-refractivity contribution in [3.05, 3.63) is 97.2 Å². The first-order valence-electron chi connectivity index (χ1n) is 31.1. The van der Waals surface area contributed by atoms with Crippen LogP contribution in [-0.4, -0.2) is 73.4 Å². The van der Waals surface area contributed by atoms with Gasteiger partial charge in [-0.25, -0.2) is 4.57 Å². The Hall–Kier alpha value is -2.58. The van der Waals surface area contributed by atoms with Crippen LogP contribution in [0.1, 0.15) is 264 Å². The van der Waals surface area contributed by atoms with Gasteiger partial charge in [-0.3, -0.25) is 13.8 Å². The van der Waals surface area contributed by atoms with E-state index >= 15 is 0 Å². The molecule has 0 bridgehead atoms. The fraction of sp³-hybridized carbons (Fsp3) is 0.742. The van der Waals surface area contributed by atoms with E-state index in [9.17, 15) is 19.4 Å². The van der Waals surface area contributed by atoms with E-state index in [-0.39, 0.29) is 25.5 Å².